The number of nitrogens with two attached hydrogens (primary N) is 1. The van der Waals surface area contributed by atoms with Crippen molar-refractivity contribution in [3.63, 3.8) is 0 Å². The van der Waals surface area contributed by atoms with Crippen LogP contribution in [0.3, 0.4) is 0 Å². The maximum atomic E-state index is 13.5. The molecule has 0 aromatic heterocycles. The lowest BCUT2D eigenvalue weighted by Crippen LogP contribution is -2.99. The molecule has 4 rings (SSSR count). The van der Waals surface area contributed by atoms with Crippen molar-refractivity contribution >= 4 is 23.4 Å². The summed E-state index contributed by atoms with van der Waals surface area (Å²) in [6, 6.07) is 5.56. The third-order valence-electron chi connectivity index (χ3n) is 6.88. The van der Waals surface area contributed by atoms with E-state index in [0.29, 0.717) is 6.42 Å². The fraction of sp³-hybridized carbons (Fsp3) is 0.571. The van der Waals surface area contributed by atoms with E-state index in [1.807, 2.05) is 44.3 Å². The molecular weight excluding hydrogens is 342 g/mol. The number of imide groups is 1. The molecule has 0 radical (unpaired) electrons. The van der Waals surface area contributed by atoms with E-state index in [2.05, 4.69) is 19.2 Å². The third-order valence-corrected chi connectivity index (χ3v) is 6.88. The number of hydrogen-bond donors (Lipinski definition) is 2. The minimum absolute atomic E-state index is 0.0993. The van der Waals surface area contributed by atoms with E-state index >= 15 is 0 Å². The number of likely N-dealkylation sites (tertiary alicyclic amines) is 1. The van der Waals surface area contributed by atoms with Crippen LogP contribution in [0.15, 0.2) is 18.2 Å². The molecular formula is C21H28N3O3+. The van der Waals surface area contributed by atoms with E-state index < -0.39 is 17.4 Å². The molecule has 144 valence electrons. The maximum absolute atomic E-state index is 13.5. The first-order valence-corrected chi connectivity index (χ1v) is 9.90. The van der Waals surface area contributed by atoms with Gasteiger partial charge in [-0.2, -0.15) is 0 Å². The van der Waals surface area contributed by atoms with E-state index in [1.165, 1.54) is 4.90 Å². The van der Waals surface area contributed by atoms with Crippen molar-refractivity contribution in [2.45, 2.75) is 58.7 Å². The highest BCUT2D eigenvalue weighted by Gasteiger charge is 2.74. The smallest absolute Gasteiger partial charge is 0.291 e. The number of amides is 3. The number of quaternary nitrogens is 1. The Morgan fingerprint density at radius 1 is 1.19 bits per heavy atom. The van der Waals surface area contributed by atoms with Gasteiger partial charge in [0.15, 0.2) is 0 Å². The summed E-state index contributed by atoms with van der Waals surface area (Å²) in [6.45, 7) is 9.96. The summed E-state index contributed by atoms with van der Waals surface area (Å²) in [5, 5.41) is 5.02. The lowest BCUT2D eigenvalue weighted by atomic mass is 9.75. The van der Waals surface area contributed by atoms with Gasteiger partial charge in [0.25, 0.3) is 5.91 Å². The molecule has 2 fully saturated rings. The molecule has 6 heteroatoms. The monoisotopic (exact) mass is 370 g/mol. The lowest BCUT2D eigenvalue weighted by Gasteiger charge is -2.29. The van der Waals surface area contributed by atoms with Crippen molar-refractivity contribution in [3.05, 3.63) is 29.3 Å². The van der Waals surface area contributed by atoms with E-state index in [4.69, 9.17) is 0 Å². The van der Waals surface area contributed by atoms with Crippen molar-refractivity contribution < 1.29 is 19.7 Å². The number of carbonyl (C=O) groups excluding carboxylic acids is 3. The minimum atomic E-state index is -1.05. The molecule has 3 N–H and O–H groups in total. The predicted octanol–water partition coefficient (Wildman–Crippen LogP) is 1.14. The number of nitrogens with zero attached hydrogens (tertiary/aromatic N) is 1. The minimum Gasteiger partial charge on any atom is -0.326 e. The van der Waals surface area contributed by atoms with Gasteiger partial charge in [-0.15, -0.1) is 0 Å². The number of carbonyl (C=O) groups is 3. The Balaban J connectivity index is 1.92. The number of rotatable bonds is 3. The van der Waals surface area contributed by atoms with Crippen LogP contribution in [0.4, 0.5) is 5.69 Å². The summed E-state index contributed by atoms with van der Waals surface area (Å²) in [7, 11) is 0. The Bertz CT molecular complexity index is 849. The Kier molecular flexibility index (Phi) is 3.97. The summed E-state index contributed by atoms with van der Waals surface area (Å²) in [6.07, 6.45) is 0.710. The molecule has 2 saturated heterocycles. The zero-order chi connectivity index (χ0) is 19.7. The molecule has 3 aliphatic heterocycles. The second-order valence-electron chi connectivity index (χ2n) is 8.62. The third kappa shape index (κ3) is 2.13. The molecule has 1 aromatic rings. The molecule has 0 bridgehead atoms. The van der Waals surface area contributed by atoms with Gasteiger partial charge in [-0.05, 0) is 25.8 Å². The van der Waals surface area contributed by atoms with Gasteiger partial charge in [-0.3, -0.25) is 19.3 Å². The van der Waals surface area contributed by atoms with Crippen LogP contribution in [-0.2, 0) is 19.9 Å². The fourth-order valence-corrected chi connectivity index (χ4v) is 5.31. The van der Waals surface area contributed by atoms with Crippen LogP contribution in [0.25, 0.3) is 0 Å². The Hall–Kier alpha value is -2.21. The second kappa shape index (κ2) is 5.89. The van der Waals surface area contributed by atoms with Gasteiger partial charge in [0, 0.05) is 17.5 Å². The van der Waals surface area contributed by atoms with Gasteiger partial charge in [-0.1, -0.05) is 39.0 Å². The molecule has 3 aliphatic rings. The quantitative estimate of drug-likeness (QED) is 0.783. The second-order valence-corrected chi connectivity index (χ2v) is 8.62. The number of hydrogen-bond acceptors (Lipinski definition) is 3. The van der Waals surface area contributed by atoms with Crippen molar-refractivity contribution in [2.24, 2.45) is 17.8 Å². The van der Waals surface area contributed by atoms with Gasteiger partial charge >= 0.3 is 0 Å². The van der Waals surface area contributed by atoms with Crippen LogP contribution in [0.1, 0.15) is 45.2 Å². The molecule has 6 nitrogen and oxygen atoms in total. The summed E-state index contributed by atoms with van der Waals surface area (Å²) in [5.74, 6) is -1.40. The van der Waals surface area contributed by atoms with Crippen LogP contribution in [0, 0.1) is 24.7 Å². The summed E-state index contributed by atoms with van der Waals surface area (Å²) < 4.78 is 0. The van der Waals surface area contributed by atoms with Crippen LogP contribution in [0.5, 0.6) is 0 Å². The molecule has 0 saturated carbocycles. The summed E-state index contributed by atoms with van der Waals surface area (Å²) in [4.78, 5) is 41.5. The lowest BCUT2D eigenvalue weighted by molar-refractivity contribution is -0.738. The van der Waals surface area contributed by atoms with E-state index in [0.717, 1.165) is 16.8 Å². The standard InChI is InChI=1S/C21H27N3O3/c1-6-12(5)24-18(25)14-15(19(24)26)21(23-16(14)10(2)3)13-9-7-8-11(4)17(13)22-20(21)27/h7-10,12,14-16,23H,6H2,1-5H3,(H,22,27)/p+1/t12-,14+,15+,16-,21-/m1/s1. The van der Waals surface area contributed by atoms with E-state index in [1.54, 1.807) is 0 Å². The topological polar surface area (TPSA) is 83.1 Å². The summed E-state index contributed by atoms with van der Waals surface area (Å²) >= 11 is 0. The number of nitrogens with one attached hydrogen (secondary N) is 1. The van der Waals surface area contributed by atoms with Gasteiger partial charge in [0.05, 0.1) is 5.69 Å². The predicted molar refractivity (Wildman–Crippen MR) is 101 cm³/mol. The zero-order valence-corrected chi connectivity index (χ0v) is 16.6. The Labute approximate surface area is 159 Å². The Morgan fingerprint density at radius 3 is 2.52 bits per heavy atom. The largest absolute Gasteiger partial charge is 0.326 e. The first kappa shape index (κ1) is 18.2. The fourth-order valence-electron chi connectivity index (χ4n) is 5.31. The first-order chi connectivity index (χ1) is 12.8. The van der Waals surface area contributed by atoms with Crippen LogP contribution < -0.4 is 10.6 Å². The zero-order valence-electron chi connectivity index (χ0n) is 16.6. The first-order valence-electron chi connectivity index (χ1n) is 9.90. The summed E-state index contributed by atoms with van der Waals surface area (Å²) in [5.41, 5.74) is 1.57. The number of aryl methyl sites for hydroxylation is 1. The van der Waals surface area contributed by atoms with Crippen molar-refractivity contribution in [1.82, 2.24) is 4.90 Å². The Morgan fingerprint density at radius 2 is 1.89 bits per heavy atom. The number of fused-ring (bicyclic) bond motifs is 4. The van der Waals surface area contributed by atoms with Gasteiger partial charge in [-0.25, -0.2) is 0 Å². The van der Waals surface area contributed by atoms with Crippen molar-refractivity contribution in [3.8, 4) is 0 Å². The van der Waals surface area contributed by atoms with Gasteiger partial charge in [0.2, 0.25) is 17.4 Å². The highest BCUT2D eigenvalue weighted by atomic mass is 16.2. The molecule has 3 heterocycles. The van der Waals surface area contributed by atoms with Crippen molar-refractivity contribution in [1.29, 1.82) is 0 Å². The van der Waals surface area contributed by atoms with Crippen LogP contribution in [0.2, 0.25) is 0 Å². The highest BCUT2D eigenvalue weighted by Crippen LogP contribution is 2.50. The molecule has 1 spiro atoms. The number of para-hydroxylation sites is 1. The SMILES string of the molecule is CC[C@@H](C)N1C(=O)[C@@H]2[C@@H](C(C)C)[NH2+][C@@]3(C(=O)Nc4c(C)cccc43)[C@@H]2C1=O. The maximum Gasteiger partial charge on any atom is 0.291 e. The molecule has 27 heavy (non-hydrogen) atoms. The van der Waals surface area contributed by atoms with Crippen molar-refractivity contribution in [2.75, 3.05) is 5.32 Å². The van der Waals surface area contributed by atoms with Crippen LogP contribution in [-0.4, -0.2) is 34.7 Å². The molecule has 3 amide bonds. The molecule has 0 aliphatic carbocycles. The van der Waals surface area contributed by atoms with Crippen LogP contribution >= 0.6 is 0 Å². The molecule has 0 unspecified atom stereocenters. The number of anilines is 1. The van der Waals surface area contributed by atoms with E-state index in [9.17, 15) is 14.4 Å². The highest BCUT2D eigenvalue weighted by molar-refractivity contribution is 6.14. The average Bonchev–Trinajstić information content (AvgIpc) is 3.21. The van der Waals surface area contributed by atoms with Gasteiger partial charge < -0.3 is 10.6 Å². The van der Waals surface area contributed by atoms with E-state index in [-0.39, 0.29) is 35.7 Å². The normalized spacial score (nSPS) is 33.0. The van der Waals surface area contributed by atoms with Gasteiger partial charge in [0.1, 0.15) is 17.9 Å². The number of benzene rings is 1. The average molecular weight is 370 g/mol. The molecule has 1 aromatic carbocycles. The molecule has 5 atom stereocenters.